The first-order valence-electron chi connectivity index (χ1n) is 3.94. The lowest BCUT2D eigenvalue weighted by Crippen LogP contribution is -2.25. The van der Waals surface area contributed by atoms with E-state index in [1.807, 2.05) is 0 Å². The van der Waals surface area contributed by atoms with Gasteiger partial charge in [0.1, 0.15) is 0 Å². The van der Waals surface area contributed by atoms with E-state index in [4.69, 9.17) is 21.6 Å². The maximum atomic E-state index is 8.83. The summed E-state index contributed by atoms with van der Waals surface area (Å²) in [6.07, 6.45) is 3.54. The first kappa shape index (κ1) is 8.83. The molecule has 1 atom stereocenters. The van der Waals surface area contributed by atoms with Crippen molar-refractivity contribution in [1.29, 1.82) is 5.26 Å². The lowest BCUT2D eigenvalue weighted by atomic mass is 9.96. The Labute approximate surface area is 72.1 Å². The van der Waals surface area contributed by atoms with Crippen LogP contribution in [0, 0.1) is 11.3 Å². The molecule has 1 aliphatic rings. The summed E-state index contributed by atoms with van der Waals surface area (Å²) in [6.45, 7) is 0.732. The van der Waals surface area contributed by atoms with Crippen LogP contribution in [-0.4, -0.2) is 18.1 Å². The summed E-state index contributed by atoms with van der Waals surface area (Å²) in [5, 5.41) is 8.83. The van der Waals surface area contributed by atoms with Crippen molar-refractivity contribution >= 4 is 11.6 Å². The molecule has 1 saturated heterocycles. The highest BCUT2D eigenvalue weighted by atomic mass is 35.5. The fraction of sp³-hybridized carbons (Fsp3) is 0.875. The Morgan fingerprint density at radius 1 is 1.64 bits per heavy atom. The molecule has 0 aromatic rings. The maximum Gasteiger partial charge on any atom is 0.154 e. The van der Waals surface area contributed by atoms with E-state index >= 15 is 0 Å². The van der Waals surface area contributed by atoms with E-state index in [9.17, 15) is 0 Å². The van der Waals surface area contributed by atoms with Crippen molar-refractivity contribution in [3.8, 4) is 6.07 Å². The highest BCUT2D eigenvalue weighted by Crippen LogP contribution is 2.29. The van der Waals surface area contributed by atoms with E-state index in [0.717, 1.165) is 32.3 Å². The fourth-order valence-corrected chi connectivity index (χ4v) is 1.52. The second kappa shape index (κ2) is 3.94. The summed E-state index contributed by atoms with van der Waals surface area (Å²) in [4.78, 5) is 0. The Morgan fingerprint density at radius 3 is 2.91 bits per heavy atom. The number of hydrogen-bond donors (Lipinski definition) is 0. The molecule has 0 saturated carbocycles. The summed E-state index contributed by atoms with van der Waals surface area (Å²) in [5.41, 5.74) is -0.491. The van der Waals surface area contributed by atoms with Gasteiger partial charge in [-0.15, -0.1) is 11.6 Å². The Morgan fingerprint density at radius 2 is 2.45 bits per heavy atom. The number of rotatable bonds is 3. The van der Waals surface area contributed by atoms with Crippen LogP contribution in [0.15, 0.2) is 0 Å². The van der Waals surface area contributed by atoms with Crippen molar-refractivity contribution in [2.75, 3.05) is 12.5 Å². The van der Waals surface area contributed by atoms with Crippen molar-refractivity contribution in [1.82, 2.24) is 0 Å². The summed E-state index contributed by atoms with van der Waals surface area (Å²) in [7, 11) is 0. The van der Waals surface area contributed by atoms with Gasteiger partial charge in [-0.3, -0.25) is 0 Å². The predicted octanol–water partition coefficient (Wildman–Crippen LogP) is 2.08. The standard InChI is InChI=1S/C8H12ClNO/c9-5-1-3-8(7-10)4-2-6-11-8/h1-6H2. The van der Waals surface area contributed by atoms with Crippen LogP contribution >= 0.6 is 11.6 Å². The molecule has 1 heterocycles. The number of ether oxygens (including phenoxy) is 1. The van der Waals surface area contributed by atoms with Gasteiger partial charge >= 0.3 is 0 Å². The average Bonchev–Trinajstić information content (AvgIpc) is 2.50. The van der Waals surface area contributed by atoms with Crippen molar-refractivity contribution in [2.45, 2.75) is 31.3 Å². The van der Waals surface area contributed by atoms with Crippen LogP contribution in [0.3, 0.4) is 0 Å². The third kappa shape index (κ3) is 2.08. The van der Waals surface area contributed by atoms with Gasteiger partial charge in [0.25, 0.3) is 0 Å². The second-order valence-electron chi connectivity index (χ2n) is 2.85. The summed E-state index contributed by atoms with van der Waals surface area (Å²) < 4.78 is 5.37. The molecule has 1 unspecified atom stereocenters. The quantitative estimate of drug-likeness (QED) is 0.613. The third-order valence-electron chi connectivity index (χ3n) is 2.02. The molecule has 0 bridgehead atoms. The monoisotopic (exact) mass is 173 g/mol. The molecule has 0 aromatic heterocycles. The van der Waals surface area contributed by atoms with Gasteiger partial charge in [-0.1, -0.05) is 0 Å². The van der Waals surface area contributed by atoms with Gasteiger partial charge in [0.05, 0.1) is 6.07 Å². The van der Waals surface area contributed by atoms with Crippen LogP contribution in [0.2, 0.25) is 0 Å². The first-order chi connectivity index (χ1) is 5.33. The predicted molar refractivity (Wildman–Crippen MR) is 43.5 cm³/mol. The molecule has 3 heteroatoms. The zero-order chi connectivity index (χ0) is 8.16. The Kier molecular flexibility index (Phi) is 3.16. The molecule has 2 nitrogen and oxygen atoms in total. The van der Waals surface area contributed by atoms with Crippen LogP contribution in [0.25, 0.3) is 0 Å². The minimum Gasteiger partial charge on any atom is -0.360 e. The summed E-state index contributed by atoms with van der Waals surface area (Å²) in [5.74, 6) is 0.618. The molecule has 1 aliphatic heterocycles. The molecule has 0 spiro atoms. The number of nitrogens with zero attached hydrogens (tertiary/aromatic N) is 1. The molecular weight excluding hydrogens is 162 g/mol. The van der Waals surface area contributed by atoms with Gasteiger partial charge in [0.15, 0.2) is 5.60 Å². The highest BCUT2D eigenvalue weighted by molar-refractivity contribution is 6.17. The van der Waals surface area contributed by atoms with Crippen LogP contribution in [-0.2, 0) is 4.74 Å². The Balaban J connectivity index is 2.41. The highest BCUT2D eigenvalue weighted by Gasteiger charge is 2.34. The topological polar surface area (TPSA) is 33.0 Å². The average molecular weight is 174 g/mol. The van der Waals surface area contributed by atoms with Crippen LogP contribution in [0.4, 0.5) is 0 Å². The Hall–Kier alpha value is -0.260. The van der Waals surface area contributed by atoms with Crippen molar-refractivity contribution in [3.05, 3.63) is 0 Å². The summed E-state index contributed by atoms with van der Waals surface area (Å²) in [6, 6.07) is 2.23. The lowest BCUT2D eigenvalue weighted by Gasteiger charge is -2.18. The van der Waals surface area contributed by atoms with Gasteiger partial charge < -0.3 is 4.74 Å². The first-order valence-corrected chi connectivity index (χ1v) is 4.48. The van der Waals surface area contributed by atoms with Gasteiger partial charge in [-0.25, -0.2) is 0 Å². The second-order valence-corrected chi connectivity index (χ2v) is 3.23. The number of nitriles is 1. The van der Waals surface area contributed by atoms with E-state index < -0.39 is 5.60 Å². The van der Waals surface area contributed by atoms with E-state index in [1.165, 1.54) is 0 Å². The van der Waals surface area contributed by atoms with Crippen LogP contribution in [0.1, 0.15) is 25.7 Å². The number of halogens is 1. The lowest BCUT2D eigenvalue weighted by molar-refractivity contribution is 0.0444. The molecular formula is C8H12ClNO. The molecule has 0 N–H and O–H groups in total. The van der Waals surface area contributed by atoms with Gasteiger partial charge in [-0.05, 0) is 25.7 Å². The van der Waals surface area contributed by atoms with E-state index in [1.54, 1.807) is 0 Å². The van der Waals surface area contributed by atoms with Crippen molar-refractivity contribution in [3.63, 3.8) is 0 Å². The molecule has 1 rings (SSSR count). The molecule has 1 fully saturated rings. The van der Waals surface area contributed by atoms with E-state index in [-0.39, 0.29) is 0 Å². The Bertz CT molecular complexity index is 158. The molecule has 0 aliphatic carbocycles. The largest absolute Gasteiger partial charge is 0.360 e. The fourth-order valence-electron chi connectivity index (χ4n) is 1.39. The van der Waals surface area contributed by atoms with Crippen LogP contribution in [0.5, 0.6) is 0 Å². The molecule has 62 valence electrons. The number of hydrogen-bond acceptors (Lipinski definition) is 2. The normalized spacial score (nSPS) is 30.2. The molecule has 11 heavy (non-hydrogen) atoms. The zero-order valence-corrected chi connectivity index (χ0v) is 7.23. The van der Waals surface area contributed by atoms with Gasteiger partial charge in [0, 0.05) is 12.5 Å². The van der Waals surface area contributed by atoms with Crippen molar-refractivity contribution in [2.24, 2.45) is 0 Å². The SMILES string of the molecule is N#CC1(CCCCl)CCCO1. The van der Waals surface area contributed by atoms with Gasteiger partial charge in [0.2, 0.25) is 0 Å². The molecule has 0 radical (unpaired) electrons. The zero-order valence-electron chi connectivity index (χ0n) is 6.48. The van der Waals surface area contributed by atoms with Crippen molar-refractivity contribution < 1.29 is 4.74 Å². The van der Waals surface area contributed by atoms with E-state index in [2.05, 4.69) is 6.07 Å². The minimum absolute atomic E-state index is 0.491. The smallest absolute Gasteiger partial charge is 0.154 e. The minimum atomic E-state index is -0.491. The number of alkyl halides is 1. The molecule has 0 aromatic carbocycles. The molecule has 0 amide bonds. The summed E-state index contributed by atoms with van der Waals surface area (Å²) >= 11 is 5.53. The third-order valence-corrected chi connectivity index (χ3v) is 2.29. The van der Waals surface area contributed by atoms with Gasteiger partial charge in [-0.2, -0.15) is 5.26 Å². The maximum absolute atomic E-state index is 8.83. The van der Waals surface area contributed by atoms with E-state index in [0.29, 0.717) is 5.88 Å². The van der Waals surface area contributed by atoms with Crippen LogP contribution < -0.4 is 0 Å².